The number of hydrogen-bond acceptors (Lipinski definition) is 2. The van der Waals surface area contributed by atoms with Crippen LogP contribution in [0.1, 0.15) is 5.56 Å². The number of nitrogen functional groups attached to an aromatic ring is 1. The summed E-state index contributed by atoms with van der Waals surface area (Å²) >= 11 is 0. The van der Waals surface area contributed by atoms with Crippen molar-refractivity contribution in [2.24, 2.45) is 5.73 Å². The van der Waals surface area contributed by atoms with Gasteiger partial charge in [-0.2, -0.15) is 0 Å². The summed E-state index contributed by atoms with van der Waals surface area (Å²) in [6.07, 6.45) is 2.40. The Morgan fingerprint density at radius 2 is 2.30 bits per heavy atom. The van der Waals surface area contributed by atoms with E-state index in [0.29, 0.717) is 5.56 Å². The van der Waals surface area contributed by atoms with Crippen LogP contribution in [0.25, 0.3) is 0 Å². The van der Waals surface area contributed by atoms with Crippen LogP contribution in [0.3, 0.4) is 0 Å². The molecule has 0 fully saturated rings. The van der Waals surface area contributed by atoms with E-state index in [1.165, 1.54) is 6.20 Å². The molecule has 1 aromatic heterocycles. The van der Waals surface area contributed by atoms with Gasteiger partial charge in [0, 0.05) is 11.8 Å². The molecule has 0 aliphatic carbocycles. The standard InChI is InChI=1S/C6H6FN3/c7-5-1-4(6(8)9)2-10-3-5/h1-3H,(H3,8,9). The Morgan fingerprint density at radius 3 is 2.70 bits per heavy atom. The van der Waals surface area contributed by atoms with Crippen molar-refractivity contribution in [1.82, 2.24) is 4.98 Å². The van der Waals surface area contributed by atoms with Crippen molar-refractivity contribution < 1.29 is 4.39 Å². The molecule has 0 saturated heterocycles. The van der Waals surface area contributed by atoms with E-state index in [1.54, 1.807) is 0 Å². The monoisotopic (exact) mass is 139 g/mol. The van der Waals surface area contributed by atoms with E-state index < -0.39 is 5.82 Å². The lowest BCUT2D eigenvalue weighted by atomic mass is 10.3. The van der Waals surface area contributed by atoms with Gasteiger partial charge in [0.1, 0.15) is 11.7 Å². The van der Waals surface area contributed by atoms with E-state index in [0.717, 1.165) is 12.3 Å². The first-order chi connectivity index (χ1) is 4.70. The van der Waals surface area contributed by atoms with E-state index in [-0.39, 0.29) is 5.84 Å². The van der Waals surface area contributed by atoms with Gasteiger partial charge in [0.25, 0.3) is 0 Å². The topological polar surface area (TPSA) is 62.8 Å². The molecule has 0 aliphatic rings. The van der Waals surface area contributed by atoms with Crippen LogP contribution in [0.4, 0.5) is 4.39 Å². The van der Waals surface area contributed by atoms with E-state index >= 15 is 0 Å². The first kappa shape index (κ1) is 6.67. The van der Waals surface area contributed by atoms with Crippen LogP contribution in [0.15, 0.2) is 18.5 Å². The normalized spacial score (nSPS) is 9.30. The highest BCUT2D eigenvalue weighted by molar-refractivity contribution is 5.94. The lowest BCUT2D eigenvalue weighted by Crippen LogP contribution is -2.11. The third-order valence-corrected chi connectivity index (χ3v) is 1.02. The molecule has 1 aromatic rings. The Balaban J connectivity index is 3.07. The van der Waals surface area contributed by atoms with Gasteiger partial charge in [-0.3, -0.25) is 10.4 Å². The fourth-order valence-corrected chi connectivity index (χ4v) is 0.559. The highest BCUT2D eigenvalue weighted by Crippen LogP contribution is 1.98. The highest BCUT2D eigenvalue weighted by Gasteiger charge is 1.96. The zero-order chi connectivity index (χ0) is 7.56. The van der Waals surface area contributed by atoms with Gasteiger partial charge in [-0.05, 0) is 6.07 Å². The Morgan fingerprint density at radius 1 is 1.60 bits per heavy atom. The summed E-state index contributed by atoms with van der Waals surface area (Å²) in [7, 11) is 0. The summed E-state index contributed by atoms with van der Waals surface area (Å²) in [4.78, 5) is 3.51. The minimum atomic E-state index is -0.479. The number of aromatic nitrogens is 1. The summed E-state index contributed by atoms with van der Waals surface area (Å²) in [6.45, 7) is 0. The predicted molar refractivity (Wildman–Crippen MR) is 35.2 cm³/mol. The summed E-state index contributed by atoms with van der Waals surface area (Å²) in [5.74, 6) is -0.653. The second kappa shape index (κ2) is 2.43. The van der Waals surface area contributed by atoms with Gasteiger partial charge in [-0.25, -0.2) is 4.39 Å². The molecule has 1 heterocycles. The number of nitrogens with two attached hydrogens (primary N) is 1. The first-order valence-electron chi connectivity index (χ1n) is 2.65. The summed E-state index contributed by atoms with van der Waals surface area (Å²) in [5.41, 5.74) is 5.36. The molecule has 0 amide bonds. The van der Waals surface area contributed by atoms with Crippen LogP contribution in [0, 0.1) is 11.2 Å². The van der Waals surface area contributed by atoms with Gasteiger partial charge in [0.15, 0.2) is 0 Å². The molecule has 0 saturated carbocycles. The van der Waals surface area contributed by atoms with E-state index in [2.05, 4.69) is 4.98 Å². The molecule has 0 atom stereocenters. The van der Waals surface area contributed by atoms with Crippen molar-refractivity contribution in [2.75, 3.05) is 0 Å². The van der Waals surface area contributed by atoms with Crippen LogP contribution in [0.5, 0.6) is 0 Å². The maximum atomic E-state index is 12.3. The Kier molecular flexibility index (Phi) is 1.62. The maximum Gasteiger partial charge on any atom is 0.142 e. The Hall–Kier alpha value is -1.45. The van der Waals surface area contributed by atoms with Crippen molar-refractivity contribution in [3.8, 4) is 0 Å². The van der Waals surface area contributed by atoms with Crippen LogP contribution in [-0.2, 0) is 0 Å². The van der Waals surface area contributed by atoms with E-state index in [9.17, 15) is 4.39 Å². The molecular weight excluding hydrogens is 133 g/mol. The molecule has 0 unspecified atom stereocenters. The molecule has 0 spiro atoms. The molecule has 0 radical (unpaired) electrons. The lowest BCUT2D eigenvalue weighted by molar-refractivity contribution is 0.621. The number of pyridine rings is 1. The molecule has 1 rings (SSSR count). The zero-order valence-electron chi connectivity index (χ0n) is 5.13. The maximum absolute atomic E-state index is 12.3. The van der Waals surface area contributed by atoms with Crippen LogP contribution in [-0.4, -0.2) is 10.8 Å². The molecule has 0 bridgehead atoms. The summed E-state index contributed by atoms with van der Waals surface area (Å²) in [6, 6.07) is 1.16. The molecule has 10 heavy (non-hydrogen) atoms. The van der Waals surface area contributed by atoms with E-state index in [4.69, 9.17) is 11.1 Å². The third-order valence-electron chi connectivity index (χ3n) is 1.02. The van der Waals surface area contributed by atoms with Gasteiger partial charge in [-0.1, -0.05) is 0 Å². The predicted octanol–water partition coefficient (Wildman–Crippen LogP) is 0.505. The smallest absolute Gasteiger partial charge is 0.142 e. The van der Waals surface area contributed by atoms with Gasteiger partial charge < -0.3 is 5.73 Å². The van der Waals surface area contributed by atoms with Gasteiger partial charge in [0.2, 0.25) is 0 Å². The average molecular weight is 139 g/mol. The first-order valence-corrected chi connectivity index (χ1v) is 2.65. The van der Waals surface area contributed by atoms with Crippen LogP contribution in [0.2, 0.25) is 0 Å². The van der Waals surface area contributed by atoms with Gasteiger partial charge >= 0.3 is 0 Å². The molecule has 0 aromatic carbocycles. The van der Waals surface area contributed by atoms with Crippen LogP contribution < -0.4 is 5.73 Å². The molecule has 52 valence electrons. The molecule has 0 aliphatic heterocycles. The van der Waals surface area contributed by atoms with Crippen molar-refractivity contribution in [3.05, 3.63) is 29.8 Å². The number of halogens is 1. The quantitative estimate of drug-likeness (QED) is 0.439. The second-order valence-corrected chi connectivity index (χ2v) is 1.81. The largest absolute Gasteiger partial charge is 0.384 e. The summed E-state index contributed by atoms with van der Waals surface area (Å²) in [5, 5.41) is 6.90. The number of nitrogens with one attached hydrogen (secondary N) is 1. The molecule has 4 heteroatoms. The van der Waals surface area contributed by atoms with Crippen molar-refractivity contribution in [1.29, 1.82) is 5.41 Å². The Bertz CT molecular complexity index is 259. The lowest BCUT2D eigenvalue weighted by Gasteiger charge is -1.94. The molecular formula is C6H6FN3. The SMILES string of the molecule is N=C(N)c1cncc(F)c1. The number of amidine groups is 1. The molecule has 3 N–H and O–H groups in total. The minimum Gasteiger partial charge on any atom is -0.384 e. The third kappa shape index (κ3) is 1.28. The number of nitrogens with zero attached hydrogens (tertiary/aromatic N) is 1. The fourth-order valence-electron chi connectivity index (χ4n) is 0.559. The van der Waals surface area contributed by atoms with Crippen molar-refractivity contribution in [2.45, 2.75) is 0 Å². The van der Waals surface area contributed by atoms with Crippen molar-refractivity contribution in [3.63, 3.8) is 0 Å². The van der Waals surface area contributed by atoms with Crippen LogP contribution >= 0.6 is 0 Å². The summed E-state index contributed by atoms with van der Waals surface area (Å²) < 4.78 is 12.3. The van der Waals surface area contributed by atoms with Crippen molar-refractivity contribution >= 4 is 5.84 Å². The average Bonchev–Trinajstić information content (AvgIpc) is 1.88. The number of rotatable bonds is 1. The fraction of sp³-hybridized carbons (Fsp3) is 0. The van der Waals surface area contributed by atoms with E-state index in [1.807, 2.05) is 0 Å². The molecule has 3 nitrogen and oxygen atoms in total. The number of hydrogen-bond donors (Lipinski definition) is 2. The minimum absolute atomic E-state index is 0.174. The Labute approximate surface area is 57.2 Å². The van der Waals surface area contributed by atoms with Gasteiger partial charge in [-0.15, -0.1) is 0 Å². The zero-order valence-corrected chi connectivity index (χ0v) is 5.13. The second-order valence-electron chi connectivity index (χ2n) is 1.81. The highest BCUT2D eigenvalue weighted by atomic mass is 19.1. The van der Waals surface area contributed by atoms with Gasteiger partial charge in [0.05, 0.1) is 6.20 Å².